The molecule has 0 unspecified atom stereocenters. The molecular weight excluding hydrogens is 1640 g/mol. The van der Waals surface area contributed by atoms with E-state index in [1.165, 1.54) is 148 Å². The maximum absolute atomic E-state index is 5.30. The minimum atomic E-state index is -0.100. The van der Waals surface area contributed by atoms with Gasteiger partial charge in [-0.3, -0.25) is 0 Å². The fourth-order valence-corrected chi connectivity index (χ4v) is 21.7. The zero-order valence-electron chi connectivity index (χ0n) is 75.4. The van der Waals surface area contributed by atoms with E-state index >= 15 is 0 Å². The number of hydrogen-bond donors (Lipinski definition) is 0. The first-order valence-electron chi connectivity index (χ1n) is 46.4. The maximum atomic E-state index is 5.30. The molecule has 0 spiro atoms. The zero-order chi connectivity index (χ0) is 90.4. The van der Waals surface area contributed by atoms with Crippen molar-refractivity contribution in [2.75, 3.05) is 0 Å². The Labute approximate surface area is 782 Å². The summed E-state index contributed by atoms with van der Waals surface area (Å²) in [6, 6.07) is 148. The van der Waals surface area contributed by atoms with E-state index in [9.17, 15) is 0 Å². The molecule has 3 aliphatic rings. The molecule has 0 radical (unpaired) electrons. The van der Waals surface area contributed by atoms with Gasteiger partial charge in [-0.25, -0.2) is 44.9 Å². The number of aromatic nitrogens is 9. The molecule has 0 atom stereocenters. The molecule has 0 saturated heterocycles. The van der Waals surface area contributed by atoms with E-state index < -0.39 is 0 Å². The Kier molecular flexibility index (Phi) is 18.8. The Morgan fingerprint density at radius 1 is 0.141 bits per heavy atom. The molecule has 0 fully saturated rings. The summed E-state index contributed by atoms with van der Waals surface area (Å²) in [5.74, 6) is 6.02. The topological polar surface area (TPSA) is 116 Å². The van der Waals surface area contributed by atoms with Crippen LogP contribution >= 0.6 is 0 Å². The molecule has 0 bridgehead atoms. The van der Waals surface area contributed by atoms with Gasteiger partial charge in [0, 0.05) is 71.7 Å². The summed E-state index contributed by atoms with van der Waals surface area (Å²) in [5, 5.41) is 21.5. The summed E-state index contributed by atoms with van der Waals surface area (Å²) in [6.07, 6.45) is 0. The van der Waals surface area contributed by atoms with Crippen molar-refractivity contribution >= 4 is 97.0 Å². The third-order valence-corrected chi connectivity index (χ3v) is 28.5. The first-order chi connectivity index (χ1) is 66.2. The molecule has 9 nitrogen and oxygen atoms in total. The molecule has 9 heteroatoms. The van der Waals surface area contributed by atoms with Crippen LogP contribution in [0.15, 0.2) is 419 Å². The Balaban J connectivity index is 0.000000108. The van der Waals surface area contributed by atoms with Gasteiger partial charge in [0.15, 0.2) is 52.4 Å². The summed E-state index contributed by atoms with van der Waals surface area (Å²) in [5.41, 5.74) is 24.7. The van der Waals surface area contributed by atoms with Crippen molar-refractivity contribution in [2.45, 2.75) is 57.8 Å². The Morgan fingerprint density at radius 3 is 0.978 bits per heavy atom. The molecule has 27 rings (SSSR count). The number of rotatable bonds is 9. The van der Waals surface area contributed by atoms with E-state index in [0.29, 0.717) is 52.4 Å². The lowest BCUT2D eigenvalue weighted by Gasteiger charge is -2.21. The van der Waals surface area contributed by atoms with E-state index in [-0.39, 0.29) is 16.2 Å². The smallest absolute Gasteiger partial charge is 0.164 e. The van der Waals surface area contributed by atoms with Crippen molar-refractivity contribution in [3.05, 3.63) is 452 Å². The van der Waals surface area contributed by atoms with Crippen molar-refractivity contribution in [1.82, 2.24) is 44.9 Å². The Morgan fingerprint density at radius 2 is 0.430 bits per heavy atom. The second kappa shape index (κ2) is 31.7. The van der Waals surface area contributed by atoms with E-state index in [1.54, 1.807) is 0 Å². The van der Waals surface area contributed by atoms with Crippen LogP contribution in [0.3, 0.4) is 0 Å². The summed E-state index contributed by atoms with van der Waals surface area (Å²) >= 11 is 0. The minimum absolute atomic E-state index is 0.0301. The van der Waals surface area contributed by atoms with Crippen molar-refractivity contribution in [2.24, 2.45) is 0 Å². The predicted molar refractivity (Wildman–Crippen MR) is 559 cm³/mol. The van der Waals surface area contributed by atoms with Gasteiger partial charge in [0.25, 0.3) is 0 Å². The molecule has 135 heavy (non-hydrogen) atoms. The second-order valence-electron chi connectivity index (χ2n) is 37.4. The summed E-state index contributed by atoms with van der Waals surface area (Å²) in [4.78, 5) is 46.1. The van der Waals surface area contributed by atoms with Gasteiger partial charge >= 0.3 is 0 Å². The van der Waals surface area contributed by atoms with Crippen molar-refractivity contribution < 1.29 is 0 Å². The van der Waals surface area contributed by atoms with Crippen LogP contribution in [0.4, 0.5) is 0 Å². The Hall–Kier alpha value is -17.0. The summed E-state index contributed by atoms with van der Waals surface area (Å²) in [6.45, 7) is 13.9. The molecule has 0 N–H and O–H groups in total. The SMILES string of the molecule is CC1(C)c2ccccc2-c2c1ccc1cc(-c3nc(-c4ccccc4)nc(-c4ccc5ccc6ccccc6c5c4)n3)ccc21.CC1(C)c2ccccc2-c2c1ccc1ccc(-c3nc(-c4ccccc4)nc(-c4cccc5c4ccc4ccccc45)n3)cc21.CC1(C)c2ccccc2-c2c1ccc1cccc(-c3nc(-c4ccccc4)nc(-c4cc5ccccc5c5ccccc45)n3)c21. The van der Waals surface area contributed by atoms with Crippen molar-refractivity contribution in [1.29, 1.82) is 0 Å². The highest BCUT2D eigenvalue weighted by molar-refractivity contribution is 6.16. The number of hydrogen-bond acceptors (Lipinski definition) is 9. The van der Waals surface area contributed by atoms with E-state index in [2.05, 4.69) is 406 Å². The van der Waals surface area contributed by atoms with Crippen LogP contribution < -0.4 is 0 Å². The van der Waals surface area contributed by atoms with Gasteiger partial charge < -0.3 is 0 Å². The first-order valence-corrected chi connectivity index (χ1v) is 46.4. The molecule has 24 aromatic rings. The third-order valence-electron chi connectivity index (χ3n) is 28.5. The van der Waals surface area contributed by atoms with Crippen molar-refractivity contribution in [3.8, 4) is 136 Å². The van der Waals surface area contributed by atoms with Gasteiger partial charge in [-0.2, -0.15) is 0 Å². The van der Waals surface area contributed by atoms with Gasteiger partial charge in [0.1, 0.15) is 0 Å². The van der Waals surface area contributed by atoms with Crippen LogP contribution in [-0.4, -0.2) is 44.9 Å². The van der Waals surface area contributed by atoms with Gasteiger partial charge in [0.2, 0.25) is 0 Å². The number of fused-ring (bicyclic) bond motifs is 24. The molecule has 0 amide bonds. The van der Waals surface area contributed by atoms with E-state index in [1.807, 2.05) is 54.6 Å². The molecule has 3 aliphatic carbocycles. The van der Waals surface area contributed by atoms with Crippen LogP contribution in [0.25, 0.3) is 233 Å². The fourth-order valence-electron chi connectivity index (χ4n) is 21.7. The lowest BCUT2D eigenvalue weighted by Crippen LogP contribution is -2.14. The average Bonchev–Trinajstić information content (AvgIpc) is 1.57. The first kappa shape index (κ1) is 80.1. The van der Waals surface area contributed by atoms with Gasteiger partial charge in [0.05, 0.1) is 0 Å². The standard InChI is InChI=1S/3C42H29N3/c1-42(2)35-22-11-10-20-32(35)38-36(42)24-23-26-16-12-21-33(37(26)38)40-43-39(27-13-4-3-5-14-27)44-41(45-40)34-25-28-15-6-7-17-29(28)30-18-8-9-19-31(30)34;1-42(2)36-18-9-8-15-34(36)38-35-25-29(20-19-27(35)22-24-37(38)42)40-43-39(28-12-4-3-5-13-28)44-41(45-40)33-17-10-16-31-30-14-7-6-11-26(30)21-23-32(31)33;1-42(2)36-15-9-8-14-34(36)38-33-22-20-30(24-29(33)21-23-37(38)42)40-43-39(28-11-4-3-5-12-28)44-41(45-40)31-19-18-27-17-16-26-10-6-7-13-32(26)35(27)25-31/h3*3-25H,1-2H3. The van der Waals surface area contributed by atoms with E-state index in [0.717, 1.165) is 66.2 Å². The average molecular weight is 1730 g/mol. The van der Waals surface area contributed by atoms with E-state index in [4.69, 9.17) is 44.9 Å². The van der Waals surface area contributed by atoms with Gasteiger partial charge in [-0.1, -0.05) is 436 Å². The maximum Gasteiger partial charge on any atom is 0.164 e. The largest absolute Gasteiger partial charge is 0.208 e. The molecule has 636 valence electrons. The second-order valence-corrected chi connectivity index (χ2v) is 37.4. The lowest BCUT2D eigenvalue weighted by atomic mass is 9.82. The molecule has 3 heterocycles. The highest BCUT2D eigenvalue weighted by Gasteiger charge is 2.40. The highest BCUT2D eigenvalue weighted by Crippen LogP contribution is 2.56. The molecule has 21 aromatic carbocycles. The monoisotopic (exact) mass is 1730 g/mol. The molecule has 0 saturated carbocycles. The van der Waals surface area contributed by atoms with Crippen LogP contribution in [0.5, 0.6) is 0 Å². The lowest BCUT2D eigenvalue weighted by molar-refractivity contribution is 0.660. The van der Waals surface area contributed by atoms with Crippen LogP contribution in [0.2, 0.25) is 0 Å². The Bertz CT molecular complexity index is 9030. The third kappa shape index (κ3) is 13.4. The number of benzene rings is 21. The van der Waals surface area contributed by atoms with Crippen molar-refractivity contribution in [3.63, 3.8) is 0 Å². The van der Waals surface area contributed by atoms with Crippen LogP contribution in [0.1, 0.15) is 74.9 Å². The molecular formula is C126H87N9. The number of nitrogens with zero attached hydrogens (tertiary/aromatic N) is 9. The molecule has 3 aromatic heterocycles. The molecule has 0 aliphatic heterocycles. The predicted octanol–water partition coefficient (Wildman–Crippen LogP) is 31.9. The minimum Gasteiger partial charge on any atom is -0.208 e. The van der Waals surface area contributed by atoms with Gasteiger partial charge in [-0.15, -0.1) is 0 Å². The van der Waals surface area contributed by atoms with Crippen LogP contribution in [0, 0.1) is 0 Å². The highest BCUT2D eigenvalue weighted by atomic mass is 15.1. The van der Waals surface area contributed by atoms with Crippen LogP contribution in [-0.2, 0) is 16.2 Å². The van der Waals surface area contributed by atoms with Gasteiger partial charge in [-0.05, 0) is 183 Å². The normalized spacial score (nSPS) is 13.3. The summed E-state index contributed by atoms with van der Waals surface area (Å²) in [7, 11) is 0. The quantitative estimate of drug-likeness (QED) is 0.130. The zero-order valence-corrected chi connectivity index (χ0v) is 75.4. The summed E-state index contributed by atoms with van der Waals surface area (Å²) < 4.78 is 0. The fraction of sp³-hybridized carbons (Fsp3) is 0.0714.